The fourth-order valence-corrected chi connectivity index (χ4v) is 3.07. The number of aryl methyl sites for hydroxylation is 1. The number of aromatic nitrogens is 5. The smallest absolute Gasteiger partial charge is 0.273 e. The second-order valence-electron chi connectivity index (χ2n) is 6.80. The number of benzene rings is 2. The molecule has 2 heterocycles. The summed E-state index contributed by atoms with van der Waals surface area (Å²) >= 11 is 0. The Morgan fingerprint density at radius 2 is 1.68 bits per heavy atom. The van der Waals surface area contributed by atoms with Crippen LogP contribution in [0.15, 0.2) is 79.5 Å². The van der Waals surface area contributed by atoms with Crippen LogP contribution < -0.4 is 10.9 Å². The predicted molar refractivity (Wildman–Crippen MR) is 114 cm³/mol. The molecule has 2 amide bonds. The number of hydrogen-bond acceptors (Lipinski definition) is 5. The van der Waals surface area contributed by atoms with Crippen molar-refractivity contribution in [1.82, 2.24) is 35.4 Å². The van der Waals surface area contributed by atoms with Gasteiger partial charge in [-0.15, -0.1) is 0 Å². The topological polar surface area (TPSA) is 107 Å². The number of carbonyl (C=O) groups is 2. The van der Waals surface area contributed by atoms with Crippen LogP contribution in [0.5, 0.6) is 0 Å². The maximum Gasteiger partial charge on any atom is 0.273 e. The molecule has 2 aromatic heterocycles. The summed E-state index contributed by atoms with van der Waals surface area (Å²) in [6, 6.07) is 19.0. The van der Waals surface area contributed by atoms with Crippen LogP contribution >= 0.6 is 0 Å². The van der Waals surface area contributed by atoms with Crippen molar-refractivity contribution in [2.24, 2.45) is 0 Å². The Balaban J connectivity index is 1.45. The van der Waals surface area contributed by atoms with E-state index in [9.17, 15) is 9.59 Å². The molecule has 0 saturated heterocycles. The first kappa shape index (κ1) is 20.0. The molecule has 4 aromatic rings. The summed E-state index contributed by atoms with van der Waals surface area (Å²) in [6.07, 6.45) is 5.51. The third kappa shape index (κ3) is 5.02. The number of carbonyl (C=O) groups excluding carboxylic acids is 2. The van der Waals surface area contributed by atoms with Crippen LogP contribution in [0.1, 0.15) is 23.2 Å². The Morgan fingerprint density at radius 1 is 0.935 bits per heavy atom. The quantitative estimate of drug-likeness (QED) is 0.451. The molecule has 9 nitrogen and oxygen atoms in total. The third-order valence-corrected chi connectivity index (χ3v) is 4.60. The van der Waals surface area contributed by atoms with Gasteiger partial charge in [0.05, 0.1) is 11.3 Å². The minimum Gasteiger partial charge on any atom is -0.273 e. The number of amides is 2. The molecular weight excluding hydrogens is 394 g/mol. The molecule has 2 aromatic carbocycles. The molecule has 2 N–H and O–H groups in total. The lowest BCUT2D eigenvalue weighted by atomic mass is 10.1. The van der Waals surface area contributed by atoms with E-state index in [2.05, 4.69) is 26.0 Å². The molecule has 0 unspecified atom stereocenters. The van der Waals surface area contributed by atoms with Gasteiger partial charge in [-0.05, 0) is 18.6 Å². The van der Waals surface area contributed by atoms with Gasteiger partial charge in [-0.25, -0.2) is 9.67 Å². The van der Waals surface area contributed by atoms with Crippen molar-refractivity contribution in [3.8, 4) is 16.9 Å². The highest BCUT2D eigenvalue weighted by molar-refractivity contribution is 6.00. The Hall–Kier alpha value is -4.27. The zero-order valence-corrected chi connectivity index (χ0v) is 16.7. The van der Waals surface area contributed by atoms with Gasteiger partial charge in [0, 0.05) is 24.7 Å². The van der Waals surface area contributed by atoms with Gasteiger partial charge in [-0.3, -0.25) is 25.1 Å². The van der Waals surface area contributed by atoms with Crippen LogP contribution in [-0.2, 0) is 11.3 Å². The van der Waals surface area contributed by atoms with E-state index >= 15 is 0 Å². The van der Waals surface area contributed by atoms with Crippen LogP contribution in [0.2, 0.25) is 0 Å². The first-order valence-electron chi connectivity index (χ1n) is 9.83. The molecule has 0 aliphatic rings. The lowest BCUT2D eigenvalue weighted by Gasteiger charge is -2.07. The Bertz CT molecular complexity index is 1140. The van der Waals surface area contributed by atoms with Crippen LogP contribution in [0.3, 0.4) is 0 Å². The second kappa shape index (κ2) is 9.49. The minimum atomic E-state index is -0.439. The lowest BCUT2D eigenvalue weighted by molar-refractivity contribution is -0.122. The average Bonchev–Trinajstić information content (AvgIpc) is 3.49. The summed E-state index contributed by atoms with van der Waals surface area (Å²) in [5, 5.41) is 8.59. The molecule has 156 valence electrons. The first-order chi connectivity index (χ1) is 15.2. The summed E-state index contributed by atoms with van der Waals surface area (Å²) in [7, 11) is 0. The van der Waals surface area contributed by atoms with Gasteiger partial charge in [-0.2, -0.15) is 10.2 Å². The predicted octanol–water partition coefficient (Wildman–Crippen LogP) is 2.37. The zero-order valence-electron chi connectivity index (χ0n) is 16.7. The van der Waals surface area contributed by atoms with Gasteiger partial charge in [0.15, 0.2) is 0 Å². The van der Waals surface area contributed by atoms with E-state index in [1.807, 2.05) is 60.7 Å². The molecule has 9 heteroatoms. The van der Waals surface area contributed by atoms with Gasteiger partial charge in [0.1, 0.15) is 18.3 Å². The fourth-order valence-electron chi connectivity index (χ4n) is 3.07. The van der Waals surface area contributed by atoms with E-state index in [4.69, 9.17) is 0 Å². The second-order valence-corrected chi connectivity index (χ2v) is 6.80. The largest absolute Gasteiger partial charge is 0.273 e. The van der Waals surface area contributed by atoms with E-state index < -0.39 is 5.91 Å². The van der Waals surface area contributed by atoms with E-state index in [1.54, 1.807) is 21.9 Å². The summed E-state index contributed by atoms with van der Waals surface area (Å²) in [5.41, 5.74) is 7.48. The standard InChI is InChI=1S/C22H21N7O2/c30-20(12-7-13-28-16-23-15-24-28)25-26-22(31)19-14-29(18-10-5-2-6-11-18)27-21(19)17-8-3-1-4-9-17/h1-6,8-11,14-16H,7,12-13H2,(H,25,30)(H,26,31). The molecule has 4 rings (SSSR count). The van der Waals surface area contributed by atoms with Gasteiger partial charge in [0.2, 0.25) is 5.91 Å². The molecule has 0 saturated carbocycles. The summed E-state index contributed by atoms with van der Waals surface area (Å²) in [4.78, 5) is 28.8. The van der Waals surface area contributed by atoms with Gasteiger partial charge in [0.25, 0.3) is 5.91 Å². The van der Waals surface area contributed by atoms with Crippen molar-refractivity contribution < 1.29 is 9.59 Å². The maximum atomic E-state index is 12.8. The molecule has 0 aliphatic carbocycles. The summed E-state index contributed by atoms with van der Waals surface area (Å²) < 4.78 is 3.30. The van der Waals surface area contributed by atoms with Gasteiger partial charge >= 0.3 is 0 Å². The molecule has 31 heavy (non-hydrogen) atoms. The number of hydrazine groups is 1. The van der Waals surface area contributed by atoms with Crippen molar-refractivity contribution in [2.75, 3.05) is 0 Å². The zero-order chi connectivity index (χ0) is 21.5. The van der Waals surface area contributed by atoms with Crippen molar-refractivity contribution in [1.29, 1.82) is 0 Å². The molecule has 0 radical (unpaired) electrons. The van der Waals surface area contributed by atoms with Crippen LogP contribution in [0.25, 0.3) is 16.9 Å². The van der Waals surface area contributed by atoms with Crippen molar-refractivity contribution in [2.45, 2.75) is 19.4 Å². The van der Waals surface area contributed by atoms with Crippen molar-refractivity contribution >= 4 is 11.8 Å². The van der Waals surface area contributed by atoms with Crippen molar-refractivity contribution in [3.63, 3.8) is 0 Å². The monoisotopic (exact) mass is 415 g/mol. The Morgan fingerprint density at radius 3 is 2.39 bits per heavy atom. The van der Waals surface area contributed by atoms with Crippen LogP contribution in [0, 0.1) is 0 Å². The number of nitrogens with zero attached hydrogens (tertiary/aromatic N) is 5. The number of rotatable bonds is 7. The van der Waals surface area contributed by atoms with E-state index in [-0.39, 0.29) is 12.3 Å². The highest BCUT2D eigenvalue weighted by Gasteiger charge is 2.19. The van der Waals surface area contributed by atoms with Gasteiger partial charge in [-0.1, -0.05) is 48.5 Å². The fraction of sp³-hybridized carbons (Fsp3) is 0.136. The summed E-state index contributed by atoms with van der Waals surface area (Å²) in [6.45, 7) is 0.573. The lowest BCUT2D eigenvalue weighted by Crippen LogP contribution is -2.41. The number of para-hydroxylation sites is 1. The first-order valence-corrected chi connectivity index (χ1v) is 9.83. The number of nitrogens with one attached hydrogen (secondary N) is 2. The van der Waals surface area contributed by atoms with Crippen LogP contribution in [-0.4, -0.2) is 36.4 Å². The van der Waals surface area contributed by atoms with Crippen molar-refractivity contribution in [3.05, 3.63) is 85.1 Å². The molecule has 0 fully saturated rings. The SMILES string of the molecule is O=C(CCCn1cncn1)NNC(=O)c1cn(-c2ccccc2)nc1-c1ccccc1. The highest BCUT2D eigenvalue weighted by Crippen LogP contribution is 2.23. The summed E-state index contributed by atoms with van der Waals surface area (Å²) in [5.74, 6) is -0.726. The average molecular weight is 415 g/mol. The van der Waals surface area contributed by atoms with E-state index in [0.717, 1.165) is 11.3 Å². The van der Waals surface area contributed by atoms with E-state index in [1.165, 1.54) is 6.33 Å². The maximum absolute atomic E-state index is 12.8. The Kier molecular flexibility index (Phi) is 6.13. The molecule has 0 aliphatic heterocycles. The normalized spacial score (nSPS) is 10.6. The van der Waals surface area contributed by atoms with Crippen LogP contribution in [0.4, 0.5) is 0 Å². The molecule has 0 bridgehead atoms. The Labute approximate surface area is 178 Å². The third-order valence-electron chi connectivity index (χ3n) is 4.60. The molecular formula is C22H21N7O2. The van der Waals surface area contributed by atoms with Gasteiger partial charge < -0.3 is 0 Å². The highest BCUT2D eigenvalue weighted by atomic mass is 16.2. The molecule has 0 atom stereocenters. The molecule has 0 spiro atoms. The minimum absolute atomic E-state index is 0.245. The van der Waals surface area contributed by atoms with E-state index in [0.29, 0.717) is 24.2 Å². The number of hydrogen-bond donors (Lipinski definition) is 2.